The van der Waals surface area contributed by atoms with Crippen LogP contribution in [-0.2, 0) is 4.79 Å². The number of hydrogen-bond acceptors (Lipinski definition) is 4. The third-order valence-electron chi connectivity index (χ3n) is 8.85. The molecule has 6 fully saturated rings. The molecule has 1 heterocycles. The van der Waals surface area contributed by atoms with Gasteiger partial charge in [0.1, 0.15) is 17.6 Å². The molecule has 1 amide bonds. The van der Waals surface area contributed by atoms with Crippen LogP contribution in [0.1, 0.15) is 73.2 Å². The van der Waals surface area contributed by atoms with Gasteiger partial charge in [0, 0.05) is 24.4 Å². The van der Waals surface area contributed by atoms with Gasteiger partial charge in [-0.1, -0.05) is 0 Å². The van der Waals surface area contributed by atoms with Crippen LogP contribution in [0.25, 0.3) is 0 Å². The fourth-order valence-corrected chi connectivity index (χ4v) is 7.42. The molecule has 0 spiro atoms. The van der Waals surface area contributed by atoms with Crippen molar-refractivity contribution in [1.82, 2.24) is 4.90 Å². The molecule has 1 saturated heterocycles. The molecule has 4 atom stereocenters. The van der Waals surface area contributed by atoms with E-state index in [9.17, 15) is 19.8 Å². The average Bonchev–Trinajstić information content (AvgIpc) is 3.40. The first kappa shape index (κ1) is 20.5. The van der Waals surface area contributed by atoms with E-state index in [2.05, 4.69) is 0 Å². The normalized spacial score (nSPS) is 37.3. The van der Waals surface area contributed by atoms with Crippen LogP contribution >= 0.6 is 0 Å². The molecule has 6 nitrogen and oxygen atoms in total. The zero-order valence-corrected chi connectivity index (χ0v) is 18.1. The van der Waals surface area contributed by atoms with Gasteiger partial charge in [-0.05, 0) is 80.2 Å². The smallest absolute Gasteiger partial charge is 0.326 e. The Morgan fingerprint density at radius 1 is 1.12 bits per heavy atom. The highest BCUT2D eigenvalue weighted by molar-refractivity contribution is 5.97. The van der Waals surface area contributed by atoms with Gasteiger partial charge in [-0.2, -0.15) is 0 Å². The van der Waals surface area contributed by atoms with Crippen molar-refractivity contribution < 1.29 is 28.9 Å². The molecule has 0 aromatic heterocycles. The van der Waals surface area contributed by atoms with Gasteiger partial charge in [-0.25, -0.2) is 9.18 Å². The van der Waals surface area contributed by atoms with Gasteiger partial charge < -0.3 is 19.8 Å². The molecule has 2 N–H and O–H groups in total. The number of β-amino-alcohol motifs (C(OH)–C–C–N with tert-alkyl or cyclic N) is 1. The Balaban J connectivity index is 1.26. The molecule has 5 aliphatic carbocycles. The van der Waals surface area contributed by atoms with Crippen molar-refractivity contribution in [1.29, 1.82) is 0 Å². The predicted octanol–water partition coefficient (Wildman–Crippen LogP) is 3.57. The van der Waals surface area contributed by atoms with E-state index in [1.165, 1.54) is 38.2 Å². The van der Waals surface area contributed by atoms with E-state index in [0.717, 1.165) is 41.1 Å². The van der Waals surface area contributed by atoms with Crippen LogP contribution in [0.15, 0.2) is 12.1 Å². The number of halogens is 1. The molecule has 2 unspecified atom stereocenters. The molecule has 7 heteroatoms. The highest BCUT2D eigenvalue weighted by atomic mass is 19.1. The summed E-state index contributed by atoms with van der Waals surface area (Å²) in [6.45, 7) is 0.523. The third-order valence-corrected chi connectivity index (χ3v) is 8.85. The number of benzene rings is 1. The van der Waals surface area contributed by atoms with Gasteiger partial charge in [-0.3, -0.25) is 4.79 Å². The number of aliphatic hydroxyl groups is 1. The Kier molecular flexibility index (Phi) is 4.59. The van der Waals surface area contributed by atoms with E-state index in [4.69, 9.17) is 4.74 Å². The van der Waals surface area contributed by atoms with Gasteiger partial charge in [-0.15, -0.1) is 0 Å². The van der Waals surface area contributed by atoms with Gasteiger partial charge >= 0.3 is 5.97 Å². The molecular formula is C25H30FNO5. The number of aliphatic carboxylic acids is 1. The van der Waals surface area contributed by atoms with E-state index < -0.39 is 29.8 Å². The molecule has 1 aliphatic heterocycles. The maximum Gasteiger partial charge on any atom is 0.326 e. The second-order valence-corrected chi connectivity index (χ2v) is 11.0. The van der Waals surface area contributed by atoms with Crippen LogP contribution in [0, 0.1) is 29.0 Å². The summed E-state index contributed by atoms with van der Waals surface area (Å²) in [4.78, 5) is 25.7. The lowest BCUT2D eigenvalue weighted by Crippen LogP contribution is -2.41. The Morgan fingerprint density at radius 3 is 2.50 bits per heavy atom. The summed E-state index contributed by atoms with van der Waals surface area (Å²) in [6.07, 6.45) is 7.43. The lowest BCUT2D eigenvalue weighted by Gasteiger charge is -2.33. The molecule has 1 aromatic rings. The molecule has 7 rings (SSSR count). The Labute approximate surface area is 186 Å². The molecule has 32 heavy (non-hydrogen) atoms. The number of carbonyl (C=O) groups is 2. The molecule has 5 saturated carbocycles. The number of nitrogens with zero attached hydrogens (tertiary/aromatic N) is 1. The Hall–Kier alpha value is -2.15. The topological polar surface area (TPSA) is 87.1 Å². The van der Waals surface area contributed by atoms with Gasteiger partial charge in [0.25, 0.3) is 5.91 Å². The molecule has 0 radical (unpaired) electrons. The molecular weight excluding hydrogens is 413 g/mol. The molecule has 1 aromatic carbocycles. The highest BCUT2D eigenvalue weighted by Gasteiger charge is 2.58. The lowest BCUT2D eigenvalue weighted by molar-refractivity contribution is -0.141. The lowest BCUT2D eigenvalue weighted by atomic mass is 9.76. The van der Waals surface area contributed by atoms with Crippen LogP contribution in [0.2, 0.25) is 0 Å². The van der Waals surface area contributed by atoms with Crippen LogP contribution in [0.3, 0.4) is 0 Å². The average molecular weight is 444 g/mol. The molecule has 172 valence electrons. The summed E-state index contributed by atoms with van der Waals surface area (Å²) in [6, 6.07) is 1.77. The summed E-state index contributed by atoms with van der Waals surface area (Å²) in [5.41, 5.74) is 0.967. The SMILES string of the molecule is O=C(O)[C@@H]1C[C@H](O)CN1C(=O)c1cc(C2CC2)c(OCC23CC4CC(CC2C4)C3)cc1F. The largest absolute Gasteiger partial charge is 0.493 e. The first-order chi connectivity index (χ1) is 15.3. The summed E-state index contributed by atoms with van der Waals surface area (Å²) < 4.78 is 21.5. The number of carboxylic acid groups (broad SMARTS) is 1. The minimum Gasteiger partial charge on any atom is -0.493 e. The summed E-state index contributed by atoms with van der Waals surface area (Å²) in [5.74, 6) is 0.639. The van der Waals surface area contributed by atoms with E-state index in [1.54, 1.807) is 6.07 Å². The zero-order valence-electron chi connectivity index (χ0n) is 18.1. The summed E-state index contributed by atoms with van der Waals surface area (Å²) in [7, 11) is 0. The molecule has 6 aliphatic rings. The molecule has 4 bridgehead atoms. The Bertz CT molecular complexity index is 961. The van der Waals surface area contributed by atoms with Crippen LogP contribution in [0.5, 0.6) is 5.75 Å². The van der Waals surface area contributed by atoms with Crippen molar-refractivity contribution in [2.75, 3.05) is 13.2 Å². The third kappa shape index (κ3) is 3.23. The quantitative estimate of drug-likeness (QED) is 0.702. The van der Waals surface area contributed by atoms with Crippen molar-refractivity contribution in [3.8, 4) is 5.75 Å². The van der Waals surface area contributed by atoms with Crippen LogP contribution < -0.4 is 4.74 Å². The van der Waals surface area contributed by atoms with E-state index >= 15 is 4.39 Å². The minimum atomic E-state index is -1.18. The fraction of sp³-hybridized carbons (Fsp3) is 0.680. The second-order valence-electron chi connectivity index (χ2n) is 11.0. The van der Waals surface area contributed by atoms with Gasteiger partial charge in [0.2, 0.25) is 0 Å². The number of aliphatic hydroxyl groups excluding tert-OH is 1. The number of amides is 1. The number of likely N-dealkylation sites (tertiary alicyclic amines) is 1. The van der Waals surface area contributed by atoms with Crippen molar-refractivity contribution in [3.05, 3.63) is 29.1 Å². The van der Waals surface area contributed by atoms with Crippen molar-refractivity contribution in [2.45, 2.75) is 69.4 Å². The first-order valence-electron chi connectivity index (χ1n) is 12.0. The number of ether oxygens (including phenoxy) is 1. The fourth-order valence-electron chi connectivity index (χ4n) is 7.42. The minimum absolute atomic E-state index is 0.0371. The highest BCUT2D eigenvalue weighted by Crippen LogP contribution is 2.65. The number of hydrogen-bond donors (Lipinski definition) is 2. The number of rotatable bonds is 6. The maximum absolute atomic E-state index is 15.1. The summed E-state index contributed by atoms with van der Waals surface area (Å²) >= 11 is 0. The van der Waals surface area contributed by atoms with Crippen molar-refractivity contribution in [2.24, 2.45) is 23.2 Å². The summed E-state index contributed by atoms with van der Waals surface area (Å²) in [5, 5.41) is 19.3. The predicted molar refractivity (Wildman–Crippen MR) is 113 cm³/mol. The van der Waals surface area contributed by atoms with Crippen molar-refractivity contribution >= 4 is 11.9 Å². The number of carboxylic acids is 1. The van der Waals surface area contributed by atoms with Crippen molar-refractivity contribution in [3.63, 3.8) is 0 Å². The van der Waals surface area contributed by atoms with Gasteiger partial charge in [0.05, 0.1) is 18.3 Å². The van der Waals surface area contributed by atoms with E-state index in [1.807, 2.05) is 0 Å². The maximum atomic E-state index is 15.1. The van der Waals surface area contributed by atoms with Crippen LogP contribution in [-0.4, -0.2) is 52.3 Å². The zero-order chi connectivity index (χ0) is 22.2. The van der Waals surface area contributed by atoms with E-state index in [-0.39, 0.29) is 29.9 Å². The van der Waals surface area contributed by atoms with E-state index in [0.29, 0.717) is 12.4 Å². The standard InChI is InChI=1S/C25H30FNO5/c26-20-8-22(32-12-25-9-13-3-14(10-25)5-16(25)4-13)18(15-1-2-15)7-19(20)23(29)27-11-17(28)6-21(27)24(30)31/h7-8,13-17,21,28H,1-6,9-12H2,(H,30,31)/t13?,14?,16?,17-,21-,25?/m0/s1. The van der Waals surface area contributed by atoms with Crippen LogP contribution in [0.4, 0.5) is 4.39 Å². The Morgan fingerprint density at radius 2 is 1.84 bits per heavy atom. The second kappa shape index (κ2) is 7.17. The monoisotopic (exact) mass is 443 g/mol. The number of carbonyl (C=O) groups excluding carboxylic acids is 1. The first-order valence-corrected chi connectivity index (χ1v) is 12.0. The van der Waals surface area contributed by atoms with Gasteiger partial charge in [0.15, 0.2) is 0 Å².